The fourth-order valence-corrected chi connectivity index (χ4v) is 4.19. The molecule has 0 bridgehead atoms. The van der Waals surface area contributed by atoms with E-state index in [9.17, 15) is 9.59 Å². The number of benzene rings is 3. The van der Waals surface area contributed by atoms with Crippen molar-refractivity contribution in [2.75, 3.05) is 11.6 Å². The van der Waals surface area contributed by atoms with Crippen molar-refractivity contribution in [3.05, 3.63) is 101 Å². The van der Waals surface area contributed by atoms with Gasteiger partial charge >= 0.3 is 0 Å². The number of nitrogens with zero attached hydrogens (tertiary/aromatic N) is 3. The second-order valence-electron chi connectivity index (χ2n) is 8.00. The van der Waals surface area contributed by atoms with E-state index < -0.39 is 5.54 Å². The molecule has 166 valence electrons. The van der Waals surface area contributed by atoms with Crippen molar-refractivity contribution >= 4 is 29.4 Å². The summed E-state index contributed by atoms with van der Waals surface area (Å²) < 4.78 is 0. The molecule has 0 saturated carbocycles. The molecule has 3 aromatic rings. The summed E-state index contributed by atoms with van der Waals surface area (Å²) in [4.78, 5) is 27.8. The lowest BCUT2D eigenvalue weighted by atomic mass is 9.88. The molecule has 0 spiro atoms. The van der Waals surface area contributed by atoms with Gasteiger partial charge < -0.3 is 5.84 Å². The topological polar surface area (TPSA) is 105 Å². The Morgan fingerprint density at radius 2 is 1.67 bits per heavy atom. The van der Waals surface area contributed by atoms with Crippen LogP contribution in [0.25, 0.3) is 5.70 Å². The molecule has 1 amide bonds. The standard InChI is InChI=1S/C26H25N5O2/c1-26(21-13-11-20(12-14-21)17-29-27)25(33)30(16-15-19-7-3-2-4-8-19)24(18-32)22-9-5-6-10-23(22)31(26)28/h2-14,17H,15-16,27-28H2,1H3. The lowest BCUT2D eigenvalue weighted by molar-refractivity contribution is -0.133. The van der Waals surface area contributed by atoms with E-state index in [0.717, 1.165) is 11.1 Å². The van der Waals surface area contributed by atoms with E-state index in [4.69, 9.17) is 11.7 Å². The Morgan fingerprint density at radius 1 is 1.00 bits per heavy atom. The molecule has 1 atom stereocenters. The monoisotopic (exact) mass is 439 g/mol. The second kappa shape index (κ2) is 9.12. The van der Waals surface area contributed by atoms with Gasteiger partial charge in [-0.25, -0.2) is 10.6 Å². The average Bonchev–Trinajstić information content (AvgIpc) is 2.92. The number of hydrazone groups is 1. The quantitative estimate of drug-likeness (QED) is 0.275. The third kappa shape index (κ3) is 3.91. The van der Waals surface area contributed by atoms with Gasteiger partial charge in [-0.2, -0.15) is 5.10 Å². The van der Waals surface area contributed by atoms with E-state index in [2.05, 4.69) is 5.10 Å². The summed E-state index contributed by atoms with van der Waals surface area (Å²) in [5.41, 5.74) is 2.57. The zero-order chi connectivity index (χ0) is 23.4. The van der Waals surface area contributed by atoms with Crippen LogP contribution in [0.15, 0.2) is 84.0 Å². The molecular weight excluding hydrogens is 414 g/mol. The lowest BCUT2D eigenvalue weighted by Crippen LogP contribution is -2.57. The van der Waals surface area contributed by atoms with E-state index in [0.29, 0.717) is 29.8 Å². The summed E-state index contributed by atoms with van der Waals surface area (Å²) in [5.74, 6) is 13.6. The zero-order valence-corrected chi connectivity index (χ0v) is 18.3. The van der Waals surface area contributed by atoms with Crippen LogP contribution in [0.3, 0.4) is 0 Å². The summed E-state index contributed by atoms with van der Waals surface area (Å²) in [7, 11) is 0. The Morgan fingerprint density at radius 3 is 2.33 bits per heavy atom. The van der Waals surface area contributed by atoms with E-state index >= 15 is 0 Å². The van der Waals surface area contributed by atoms with E-state index in [1.807, 2.05) is 72.7 Å². The van der Waals surface area contributed by atoms with Gasteiger partial charge in [0.05, 0.1) is 11.9 Å². The maximum Gasteiger partial charge on any atom is 0.259 e. The van der Waals surface area contributed by atoms with Crippen LogP contribution in [0.2, 0.25) is 0 Å². The summed E-state index contributed by atoms with van der Waals surface area (Å²) in [5, 5.41) is 4.99. The Hall–Kier alpha value is -4.19. The molecule has 0 aromatic heterocycles. The number of hydrazine groups is 1. The van der Waals surface area contributed by atoms with Crippen molar-refractivity contribution in [1.82, 2.24) is 4.90 Å². The van der Waals surface area contributed by atoms with Gasteiger partial charge in [-0.15, -0.1) is 0 Å². The molecule has 1 unspecified atom stereocenters. The molecular formula is C26H25N5O2. The number of para-hydroxylation sites is 1. The number of carbonyl (C=O) groups is 1. The molecule has 1 aliphatic heterocycles. The van der Waals surface area contributed by atoms with Gasteiger partial charge in [0.1, 0.15) is 5.70 Å². The minimum Gasteiger partial charge on any atom is -0.323 e. The number of fused-ring (bicyclic) bond motifs is 1. The molecule has 0 radical (unpaired) electrons. The minimum atomic E-state index is -1.27. The summed E-state index contributed by atoms with van der Waals surface area (Å²) in [6.45, 7) is 2.07. The molecule has 7 heteroatoms. The number of nitrogens with two attached hydrogens (primary N) is 2. The van der Waals surface area contributed by atoms with Gasteiger partial charge in [-0.05, 0) is 42.2 Å². The van der Waals surface area contributed by atoms with Gasteiger partial charge in [-0.3, -0.25) is 14.7 Å². The Kier molecular flexibility index (Phi) is 6.09. The van der Waals surface area contributed by atoms with E-state index in [-0.39, 0.29) is 11.6 Å². The molecule has 7 nitrogen and oxygen atoms in total. The molecule has 4 N–H and O–H groups in total. The first kappa shape index (κ1) is 22.0. The third-order valence-electron chi connectivity index (χ3n) is 6.09. The van der Waals surface area contributed by atoms with Crippen molar-refractivity contribution in [3.63, 3.8) is 0 Å². The van der Waals surface area contributed by atoms with Crippen molar-refractivity contribution < 1.29 is 9.59 Å². The van der Waals surface area contributed by atoms with Gasteiger partial charge in [0.15, 0.2) is 11.5 Å². The largest absolute Gasteiger partial charge is 0.323 e. The maximum absolute atomic E-state index is 14.1. The maximum atomic E-state index is 14.1. The Balaban J connectivity index is 1.84. The van der Waals surface area contributed by atoms with E-state index in [1.54, 1.807) is 19.1 Å². The summed E-state index contributed by atoms with van der Waals surface area (Å²) in [6.07, 6.45) is 2.10. The van der Waals surface area contributed by atoms with Crippen LogP contribution in [0.4, 0.5) is 5.69 Å². The van der Waals surface area contributed by atoms with Crippen molar-refractivity contribution in [2.24, 2.45) is 16.8 Å². The van der Waals surface area contributed by atoms with E-state index in [1.165, 1.54) is 16.1 Å². The zero-order valence-electron chi connectivity index (χ0n) is 18.3. The fourth-order valence-electron chi connectivity index (χ4n) is 4.19. The fraction of sp³-hybridized carbons (Fsp3) is 0.154. The predicted molar refractivity (Wildman–Crippen MR) is 130 cm³/mol. The molecule has 1 aliphatic rings. The average molecular weight is 440 g/mol. The highest BCUT2D eigenvalue weighted by molar-refractivity contribution is 6.06. The van der Waals surface area contributed by atoms with Gasteiger partial charge in [0, 0.05) is 12.1 Å². The predicted octanol–water partition coefficient (Wildman–Crippen LogP) is 2.83. The van der Waals surface area contributed by atoms with Crippen LogP contribution in [-0.2, 0) is 21.5 Å². The van der Waals surface area contributed by atoms with Crippen LogP contribution in [-0.4, -0.2) is 29.5 Å². The van der Waals surface area contributed by atoms with Crippen LogP contribution >= 0.6 is 0 Å². The highest BCUT2D eigenvalue weighted by Gasteiger charge is 2.47. The molecule has 0 aliphatic carbocycles. The first-order valence-electron chi connectivity index (χ1n) is 10.6. The Labute approximate surface area is 192 Å². The van der Waals surface area contributed by atoms with Crippen LogP contribution in [0, 0.1) is 0 Å². The van der Waals surface area contributed by atoms with Crippen LogP contribution < -0.4 is 16.7 Å². The smallest absolute Gasteiger partial charge is 0.259 e. The number of hydrogen-bond acceptors (Lipinski definition) is 6. The first-order chi connectivity index (χ1) is 16.0. The normalized spacial score (nSPS) is 18.2. The minimum absolute atomic E-state index is 0.178. The number of rotatable bonds is 5. The number of anilines is 1. The highest BCUT2D eigenvalue weighted by atomic mass is 16.2. The van der Waals surface area contributed by atoms with Gasteiger partial charge in [0.25, 0.3) is 5.91 Å². The first-order valence-corrected chi connectivity index (χ1v) is 10.6. The van der Waals surface area contributed by atoms with Crippen LogP contribution in [0.1, 0.15) is 29.2 Å². The van der Waals surface area contributed by atoms with Crippen molar-refractivity contribution in [1.29, 1.82) is 0 Å². The molecule has 3 aromatic carbocycles. The third-order valence-corrected chi connectivity index (χ3v) is 6.09. The molecule has 1 heterocycles. The Bertz CT molecular complexity index is 1230. The van der Waals surface area contributed by atoms with Gasteiger partial charge in [0.2, 0.25) is 0 Å². The molecule has 0 saturated heterocycles. The SMILES string of the molecule is CC1(c2ccc(C=NN)cc2)C(=O)N(CCc2ccccc2)C(=C=O)c2ccccc2N1N. The number of carbonyl (C=O) groups excluding carboxylic acids is 2. The lowest BCUT2D eigenvalue weighted by Gasteiger charge is -2.39. The molecule has 33 heavy (non-hydrogen) atoms. The number of hydrogen-bond donors (Lipinski definition) is 2. The van der Waals surface area contributed by atoms with Crippen molar-refractivity contribution in [2.45, 2.75) is 18.9 Å². The van der Waals surface area contributed by atoms with Crippen molar-refractivity contribution in [3.8, 4) is 0 Å². The molecule has 0 fully saturated rings. The second-order valence-corrected chi connectivity index (χ2v) is 8.00. The number of amides is 1. The van der Waals surface area contributed by atoms with Crippen LogP contribution in [0.5, 0.6) is 0 Å². The highest BCUT2D eigenvalue weighted by Crippen LogP contribution is 2.41. The van der Waals surface area contributed by atoms with Gasteiger partial charge in [-0.1, -0.05) is 66.7 Å². The molecule has 4 rings (SSSR count). The summed E-state index contributed by atoms with van der Waals surface area (Å²) in [6, 6.07) is 24.3. The summed E-state index contributed by atoms with van der Waals surface area (Å²) >= 11 is 0.